The topological polar surface area (TPSA) is 88.3 Å². The van der Waals surface area contributed by atoms with Crippen LogP contribution in [0, 0.1) is 0 Å². The van der Waals surface area contributed by atoms with Gasteiger partial charge in [0.2, 0.25) is 11.8 Å². The third kappa shape index (κ3) is 3.78. The van der Waals surface area contributed by atoms with Crippen molar-refractivity contribution in [3.8, 4) is 0 Å². The third-order valence-electron chi connectivity index (χ3n) is 2.23. The molecule has 1 aromatic rings. The Morgan fingerprint density at radius 3 is 2.89 bits per heavy atom. The molecule has 0 unspecified atom stereocenters. The zero-order valence-corrected chi connectivity index (χ0v) is 11.1. The van der Waals surface area contributed by atoms with Gasteiger partial charge in [-0.15, -0.1) is 24.2 Å². The SMILES string of the molecule is Cl.Nc1ccc(NC(=O)CN2CSCC2=O)cn1. The van der Waals surface area contributed by atoms with Crippen molar-refractivity contribution in [3.05, 3.63) is 18.3 Å². The Hall–Kier alpha value is -1.47. The number of anilines is 2. The van der Waals surface area contributed by atoms with Crippen molar-refractivity contribution in [2.45, 2.75) is 0 Å². The first-order chi connectivity index (χ1) is 8.15. The van der Waals surface area contributed by atoms with Crippen LogP contribution in [-0.2, 0) is 9.59 Å². The summed E-state index contributed by atoms with van der Waals surface area (Å²) in [5.74, 6) is 1.20. The molecule has 0 spiro atoms. The smallest absolute Gasteiger partial charge is 0.244 e. The lowest BCUT2D eigenvalue weighted by molar-refractivity contribution is -0.130. The van der Waals surface area contributed by atoms with E-state index in [0.29, 0.717) is 23.1 Å². The highest BCUT2D eigenvalue weighted by atomic mass is 35.5. The van der Waals surface area contributed by atoms with Crippen molar-refractivity contribution in [3.63, 3.8) is 0 Å². The number of halogens is 1. The fraction of sp³-hybridized carbons (Fsp3) is 0.300. The summed E-state index contributed by atoms with van der Waals surface area (Å²) in [4.78, 5) is 28.3. The summed E-state index contributed by atoms with van der Waals surface area (Å²) in [7, 11) is 0. The molecule has 1 fully saturated rings. The van der Waals surface area contributed by atoms with Crippen molar-refractivity contribution < 1.29 is 9.59 Å². The van der Waals surface area contributed by atoms with Gasteiger partial charge in [0.15, 0.2) is 0 Å². The summed E-state index contributed by atoms with van der Waals surface area (Å²) < 4.78 is 0. The van der Waals surface area contributed by atoms with E-state index < -0.39 is 0 Å². The molecule has 98 valence electrons. The molecular weight excluding hydrogens is 276 g/mol. The van der Waals surface area contributed by atoms with Gasteiger partial charge >= 0.3 is 0 Å². The number of nitrogens with zero attached hydrogens (tertiary/aromatic N) is 2. The first kappa shape index (κ1) is 14.6. The van der Waals surface area contributed by atoms with Gasteiger partial charge in [0, 0.05) is 0 Å². The molecular formula is C10H13ClN4O2S. The number of carbonyl (C=O) groups excluding carboxylic acids is 2. The Kier molecular flexibility index (Phi) is 5.24. The highest BCUT2D eigenvalue weighted by Gasteiger charge is 2.22. The summed E-state index contributed by atoms with van der Waals surface area (Å²) in [6.45, 7) is 0.0796. The predicted octanol–water partition coefficient (Wildman–Crippen LogP) is 0.557. The average molecular weight is 289 g/mol. The molecule has 18 heavy (non-hydrogen) atoms. The van der Waals surface area contributed by atoms with E-state index in [1.165, 1.54) is 22.9 Å². The molecule has 0 aliphatic carbocycles. The van der Waals surface area contributed by atoms with E-state index in [2.05, 4.69) is 10.3 Å². The fourth-order valence-corrected chi connectivity index (χ4v) is 2.30. The molecule has 2 rings (SSSR count). The molecule has 1 aromatic heterocycles. The molecule has 0 saturated carbocycles. The summed E-state index contributed by atoms with van der Waals surface area (Å²) in [5, 5.41) is 2.66. The maximum absolute atomic E-state index is 11.6. The van der Waals surface area contributed by atoms with Gasteiger partial charge in [-0.2, -0.15) is 0 Å². The quantitative estimate of drug-likeness (QED) is 0.848. The molecule has 6 nitrogen and oxygen atoms in total. The van der Waals surface area contributed by atoms with Crippen LogP contribution in [0.4, 0.5) is 11.5 Å². The fourth-order valence-electron chi connectivity index (χ4n) is 1.39. The van der Waals surface area contributed by atoms with E-state index in [4.69, 9.17) is 5.73 Å². The minimum absolute atomic E-state index is 0. The minimum Gasteiger partial charge on any atom is -0.384 e. The van der Waals surface area contributed by atoms with Gasteiger partial charge in [-0.25, -0.2) is 4.98 Å². The minimum atomic E-state index is -0.229. The highest BCUT2D eigenvalue weighted by Crippen LogP contribution is 2.14. The van der Waals surface area contributed by atoms with Crippen LogP contribution in [0.5, 0.6) is 0 Å². The van der Waals surface area contributed by atoms with E-state index in [1.807, 2.05) is 0 Å². The lowest BCUT2D eigenvalue weighted by Crippen LogP contribution is -2.34. The number of nitrogens with two attached hydrogens (primary N) is 1. The zero-order valence-electron chi connectivity index (χ0n) is 9.46. The van der Waals surface area contributed by atoms with Crippen LogP contribution in [0.3, 0.4) is 0 Å². The Morgan fingerprint density at radius 2 is 2.33 bits per heavy atom. The second-order valence-electron chi connectivity index (χ2n) is 3.59. The van der Waals surface area contributed by atoms with Gasteiger partial charge in [0.25, 0.3) is 0 Å². The summed E-state index contributed by atoms with van der Waals surface area (Å²) in [5.41, 5.74) is 6.00. The molecule has 2 heterocycles. The number of aromatic nitrogens is 1. The lowest BCUT2D eigenvalue weighted by atomic mass is 10.4. The first-order valence-corrected chi connectivity index (χ1v) is 6.17. The maximum Gasteiger partial charge on any atom is 0.244 e. The number of thioether (sulfide) groups is 1. The van der Waals surface area contributed by atoms with Crippen LogP contribution in [-0.4, -0.2) is 39.9 Å². The molecule has 1 aliphatic heterocycles. The van der Waals surface area contributed by atoms with E-state index in [1.54, 1.807) is 12.1 Å². The van der Waals surface area contributed by atoms with Gasteiger partial charge in [-0.05, 0) is 12.1 Å². The zero-order chi connectivity index (χ0) is 12.3. The van der Waals surface area contributed by atoms with E-state index in [0.717, 1.165) is 0 Å². The molecule has 3 N–H and O–H groups in total. The van der Waals surface area contributed by atoms with Crippen molar-refractivity contribution in [2.75, 3.05) is 29.2 Å². The summed E-state index contributed by atoms with van der Waals surface area (Å²) in [6, 6.07) is 3.27. The van der Waals surface area contributed by atoms with Gasteiger partial charge in [0.1, 0.15) is 12.4 Å². The van der Waals surface area contributed by atoms with Gasteiger partial charge in [0.05, 0.1) is 23.5 Å². The monoisotopic (exact) mass is 288 g/mol. The molecule has 0 bridgehead atoms. The number of hydrogen-bond acceptors (Lipinski definition) is 5. The number of pyridine rings is 1. The van der Waals surface area contributed by atoms with Gasteiger partial charge in [-0.3, -0.25) is 9.59 Å². The van der Waals surface area contributed by atoms with Crippen molar-refractivity contribution >= 4 is 47.5 Å². The van der Waals surface area contributed by atoms with E-state index in [-0.39, 0.29) is 30.8 Å². The Balaban J connectivity index is 0.00000162. The van der Waals surface area contributed by atoms with Crippen LogP contribution in [0.15, 0.2) is 18.3 Å². The Morgan fingerprint density at radius 1 is 1.56 bits per heavy atom. The number of rotatable bonds is 3. The lowest BCUT2D eigenvalue weighted by Gasteiger charge is -2.13. The number of carbonyl (C=O) groups is 2. The van der Waals surface area contributed by atoms with Gasteiger partial charge in [-0.1, -0.05) is 0 Å². The largest absolute Gasteiger partial charge is 0.384 e. The second-order valence-corrected chi connectivity index (χ2v) is 4.54. The molecule has 0 radical (unpaired) electrons. The van der Waals surface area contributed by atoms with Gasteiger partial charge < -0.3 is 16.0 Å². The van der Waals surface area contributed by atoms with Crippen LogP contribution in [0.25, 0.3) is 0 Å². The van der Waals surface area contributed by atoms with E-state index >= 15 is 0 Å². The van der Waals surface area contributed by atoms with Crippen LogP contribution in [0.2, 0.25) is 0 Å². The predicted molar refractivity (Wildman–Crippen MR) is 73.6 cm³/mol. The van der Waals surface area contributed by atoms with E-state index in [9.17, 15) is 9.59 Å². The molecule has 2 amide bonds. The molecule has 0 atom stereocenters. The molecule has 1 saturated heterocycles. The van der Waals surface area contributed by atoms with Crippen molar-refractivity contribution in [2.24, 2.45) is 0 Å². The summed E-state index contributed by atoms with van der Waals surface area (Å²) >= 11 is 1.51. The van der Waals surface area contributed by atoms with Crippen LogP contribution in [0.1, 0.15) is 0 Å². The maximum atomic E-state index is 11.6. The number of nitrogens with one attached hydrogen (secondary N) is 1. The molecule has 1 aliphatic rings. The van der Waals surface area contributed by atoms with Crippen molar-refractivity contribution in [1.82, 2.24) is 9.88 Å². The van der Waals surface area contributed by atoms with Crippen LogP contribution >= 0.6 is 24.2 Å². The second kappa shape index (κ2) is 6.46. The van der Waals surface area contributed by atoms with Crippen LogP contribution < -0.4 is 11.1 Å². The number of hydrogen-bond donors (Lipinski definition) is 2. The number of nitrogen functional groups attached to an aromatic ring is 1. The molecule has 8 heteroatoms. The average Bonchev–Trinajstić information content (AvgIpc) is 2.68. The normalized spacial score (nSPS) is 14.2. The standard InChI is InChI=1S/C10H12N4O2S.ClH/c11-8-2-1-7(3-12-8)13-9(15)4-14-6-17-5-10(14)16;/h1-3H,4-6H2,(H2,11,12)(H,13,15);1H. The summed E-state index contributed by atoms with van der Waals surface area (Å²) in [6.07, 6.45) is 1.48. The number of amides is 2. The first-order valence-electron chi connectivity index (χ1n) is 5.02. The Labute approximate surface area is 115 Å². The highest BCUT2D eigenvalue weighted by molar-refractivity contribution is 8.00. The third-order valence-corrected chi connectivity index (χ3v) is 3.18. The van der Waals surface area contributed by atoms with Crippen molar-refractivity contribution in [1.29, 1.82) is 0 Å². The Bertz CT molecular complexity index is 440. The molecule has 0 aromatic carbocycles.